The summed E-state index contributed by atoms with van der Waals surface area (Å²) in [5.74, 6) is -0.551. The van der Waals surface area contributed by atoms with Gasteiger partial charge in [-0.1, -0.05) is 5.92 Å². The molecule has 0 saturated carbocycles. The minimum absolute atomic E-state index is 0.249. The molecule has 0 saturated heterocycles. The molecule has 76 valence electrons. The van der Waals surface area contributed by atoms with Gasteiger partial charge in [0.2, 0.25) is 11.8 Å². The van der Waals surface area contributed by atoms with E-state index in [0.29, 0.717) is 0 Å². The number of nitrogens with zero attached hydrogens (tertiary/aromatic N) is 1. The third kappa shape index (κ3) is 4.77. The monoisotopic (exact) mass is 198 g/mol. The van der Waals surface area contributed by atoms with Crippen LogP contribution in [0.25, 0.3) is 0 Å². The van der Waals surface area contributed by atoms with Crippen LogP contribution in [0.4, 0.5) is 0 Å². The van der Waals surface area contributed by atoms with Crippen molar-refractivity contribution in [3.63, 3.8) is 0 Å². The van der Waals surface area contributed by atoms with Crippen LogP contribution in [0.15, 0.2) is 0 Å². The number of amides is 2. The molecule has 0 unspecified atom stereocenters. The fourth-order valence-electron chi connectivity index (χ4n) is 0.783. The molecule has 0 bridgehead atoms. The van der Waals surface area contributed by atoms with Crippen LogP contribution >= 0.6 is 0 Å². The maximum Gasteiger partial charge on any atom is 0.323 e. The van der Waals surface area contributed by atoms with Gasteiger partial charge in [0.15, 0.2) is 0 Å². The van der Waals surface area contributed by atoms with Crippen LogP contribution in [0.1, 0.15) is 6.42 Å². The van der Waals surface area contributed by atoms with Gasteiger partial charge in [-0.2, -0.15) is 0 Å². The highest BCUT2D eigenvalue weighted by molar-refractivity contribution is 5.87. The Kier molecular flexibility index (Phi) is 4.78. The predicted octanol–water partition coefficient (Wildman–Crippen LogP) is -1.59. The van der Waals surface area contributed by atoms with Crippen LogP contribution in [0, 0.1) is 12.3 Å². The largest absolute Gasteiger partial charge is 0.480 e. The third-order valence-electron chi connectivity index (χ3n) is 1.28. The number of carboxylic acids is 1. The first kappa shape index (κ1) is 12.0. The van der Waals surface area contributed by atoms with Gasteiger partial charge < -0.3 is 15.7 Å². The van der Waals surface area contributed by atoms with Gasteiger partial charge in [-0.05, 0) is 0 Å². The number of nitrogens with two attached hydrogens (primary N) is 1. The van der Waals surface area contributed by atoms with E-state index in [1.165, 1.54) is 0 Å². The van der Waals surface area contributed by atoms with E-state index in [0.717, 1.165) is 4.90 Å². The van der Waals surface area contributed by atoms with E-state index in [1.807, 2.05) is 0 Å². The smallest absolute Gasteiger partial charge is 0.323 e. The second-order valence-corrected chi connectivity index (χ2v) is 2.49. The Morgan fingerprint density at radius 1 is 1.36 bits per heavy atom. The van der Waals surface area contributed by atoms with E-state index in [1.54, 1.807) is 0 Å². The predicted molar refractivity (Wildman–Crippen MR) is 46.9 cm³/mol. The number of carbonyl (C=O) groups is 3. The number of aliphatic carboxylic acids is 1. The number of carboxylic acid groups (broad SMARTS) is 1. The molecule has 0 aliphatic rings. The molecule has 0 atom stereocenters. The van der Waals surface area contributed by atoms with Crippen molar-refractivity contribution in [2.75, 3.05) is 13.1 Å². The summed E-state index contributed by atoms with van der Waals surface area (Å²) >= 11 is 0. The lowest BCUT2D eigenvalue weighted by molar-refractivity contribution is -0.145. The lowest BCUT2D eigenvalue weighted by atomic mass is 10.3. The highest BCUT2D eigenvalue weighted by Crippen LogP contribution is 1.93. The molecule has 6 nitrogen and oxygen atoms in total. The second kappa shape index (κ2) is 5.59. The van der Waals surface area contributed by atoms with Crippen LogP contribution < -0.4 is 5.73 Å². The van der Waals surface area contributed by atoms with Crippen LogP contribution in [-0.2, 0) is 14.4 Å². The van der Waals surface area contributed by atoms with Gasteiger partial charge in [0, 0.05) is 0 Å². The quantitative estimate of drug-likeness (QED) is 0.520. The Balaban J connectivity index is 4.39. The Bertz CT molecular complexity index is 276. The third-order valence-corrected chi connectivity index (χ3v) is 1.28. The molecule has 0 aromatic rings. The average molecular weight is 198 g/mol. The van der Waals surface area contributed by atoms with Gasteiger partial charge >= 0.3 is 5.97 Å². The number of rotatable bonds is 5. The molecule has 0 radical (unpaired) electrons. The minimum Gasteiger partial charge on any atom is -0.480 e. The molecule has 2 amide bonds. The van der Waals surface area contributed by atoms with Gasteiger partial charge in [0.05, 0.1) is 13.0 Å². The van der Waals surface area contributed by atoms with Gasteiger partial charge in [0.1, 0.15) is 6.54 Å². The fourth-order valence-corrected chi connectivity index (χ4v) is 0.783. The summed E-state index contributed by atoms with van der Waals surface area (Å²) in [4.78, 5) is 32.7. The molecule has 0 aromatic carbocycles. The maximum atomic E-state index is 11.1. The number of carbonyl (C=O) groups excluding carboxylic acids is 2. The van der Waals surface area contributed by atoms with E-state index in [-0.39, 0.29) is 6.42 Å². The first-order chi connectivity index (χ1) is 6.47. The lowest BCUT2D eigenvalue weighted by Crippen LogP contribution is -2.41. The molecule has 3 N–H and O–H groups in total. The van der Waals surface area contributed by atoms with Crippen LogP contribution in [0.3, 0.4) is 0 Å². The molecule has 14 heavy (non-hydrogen) atoms. The molecule has 0 spiro atoms. The van der Waals surface area contributed by atoms with E-state index in [9.17, 15) is 14.4 Å². The molecular formula is C8H10N2O4. The zero-order valence-electron chi connectivity index (χ0n) is 7.40. The van der Waals surface area contributed by atoms with Gasteiger partial charge in [-0.3, -0.25) is 14.4 Å². The zero-order chi connectivity index (χ0) is 11.1. The molecule has 0 aromatic heterocycles. The van der Waals surface area contributed by atoms with Crippen molar-refractivity contribution >= 4 is 17.8 Å². The Morgan fingerprint density at radius 2 is 1.93 bits per heavy atom. The summed E-state index contributed by atoms with van der Waals surface area (Å²) in [7, 11) is 0. The average Bonchev–Trinajstić information content (AvgIpc) is 2.01. The number of primary amides is 1. The van der Waals surface area contributed by atoms with Crippen molar-refractivity contribution in [2.45, 2.75) is 6.42 Å². The molecule has 0 aliphatic carbocycles. The fraction of sp³-hybridized carbons (Fsp3) is 0.375. The Morgan fingerprint density at radius 3 is 2.29 bits per heavy atom. The minimum atomic E-state index is -1.23. The summed E-state index contributed by atoms with van der Waals surface area (Å²) in [6.45, 7) is -1.02. The second-order valence-electron chi connectivity index (χ2n) is 2.49. The highest BCUT2D eigenvalue weighted by atomic mass is 16.4. The molecular weight excluding hydrogens is 188 g/mol. The summed E-state index contributed by atoms with van der Waals surface area (Å²) in [5, 5.41) is 8.42. The van der Waals surface area contributed by atoms with Gasteiger partial charge in [0.25, 0.3) is 0 Å². The highest BCUT2D eigenvalue weighted by Gasteiger charge is 2.17. The topological polar surface area (TPSA) is 101 Å². The van der Waals surface area contributed by atoms with Crippen LogP contribution in [-0.4, -0.2) is 40.9 Å². The van der Waals surface area contributed by atoms with Crippen molar-refractivity contribution in [1.29, 1.82) is 0 Å². The number of hydrogen-bond acceptors (Lipinski definition) is 3. The van der Waals surface area contributed by atoms with E-state index >= 15 is 0 Å². The van der Waals surface area contributed by atoms with Gasteiger partial charge in [-0.25, -0.2) is 0 Å². The van der Waals surface area contributed by atoms with Crippen molar-refractivity contribution in [2.24, 2.45) is 5.73 Å². The number of terminal acetylenes is 1. The first-order valence-electron chi connectivity index (χ1n) is 3.68. The van der Waals surface area contributed by atoms with E-state index < -0.39 is 30.9 Å². The van der Waals surface area contributed by atoms with Crippen molar-refractivity contribution in [1.82, 2.24) is 4.90 Å². The summed E-state index contributed by atoms with van der Waals surface area (Å²) in [6, 6.07) is 0. The molecule has 0 rings (SSSR count). The van der Waals surface area contributed by atoms with Crippen molar-refractivity contribution in [3.05, 3.63) is 0 Å². The van der Waals surface area contributed by atoms with Crippen LogP contribution in [0.5, 0.6) is 0 Å². The Hall–Kier alpha value is -2.03. The van der Waals surface area contributed by atoms with Crippen molar-refractivity contribution in [3.8, 4) is 12.3 Å². The van der Waals surface area contributed by atoms with E-state index in [2.05, 4.69) is 5.92 Å². The van der Waals surface area contributed by atoms with Gasteiger partial charge in [-0.15, -0.1) is 6.42 Å². The molecule has 0 heterocycles. The molecule has 0 aliphatic heterocycles. The normalized spacial score (nSPS) is 8.79. The zero-order valence-corrected chi connectivity index (χ0v) is 7.40. The SMILES string of the molecule is C#CCC(=O)N(CC(N)=O)CC(=O)O. The summed E-state index contributed by atoms with van der Waals surface area (Å²) < 4.78 is 0. The first-order valence-corrected chi connectivity index (χ1v) is 3.68. The van der Waals surface area contributed by atoms with E-state index in [4.69, 9.17) is 17.3 Å². The van der Waals surface area contributed by atoms with Crippen LogP contribution in [0.2, 0.25) is 0 Å². The molecule has 6 heteroatoms. The van der Waals surface area contributed by atoms with Crippen molar-refractivity contribution < 1.29 is 19.5 Å². The lowest BCUT2D eigenvalue weighted by Gasteiger charge is -2.17. The molecule has 0 fully saturated rings. The summed E-state index contributed by atoms with van der Waals surface area (Å²) in [5.41, 5.74) is 4.83. The summed E-state index contributed by atoms with van der Waals surface area (Å²) in [6.07, 6.45) is 4.62. The standard InChI is InChI=1S/C8H10N2O4/c1-2-3-7(12)10(4-6(9)11)5-8(13)14/h1H,3-5H2,(H2,9,11)(H,13,14). The maximum absolute atomic E-state index is 11.1. The Labute approximate surface area is 80.7 Å². The number of hydrogen-bond donors (Lipinski definition) is 2.